The number of hydrogen-bond acceptors (Lipinski definition) is 3. The quantitative estimate of drug-likeness (QED) is 0.769. The summed E-state index contributed by atoms with van der Waals surface area (Å²) >= 11 is 0. The maximum absolute atomic E-state index is 12.0. The van der Waals surface area contributed by atoms with Gasteiger partial charge in [-0.05, 0) is 18.6 Å². The minimum Gasteiger partial charge on any atom is -0.463 e. The van der Waals surface area contributed by atoms with Crippen molar-refractivity contribution in [2.75, 3.05) is 6.61 Å². The molecule has 2 rings (SSSR count). The molecule has 18 heavy (non-hydrogen) atoms. The van der Waals surface area contributed by atoms with Crippen LogP contribution in [0.1, 0.15) is 26.3 Å². The van der Waals surface area contributed by atoms with E-state index < -0.39 is 0 Å². The highest BCUT2D eigenvalue weighted by Gasteiger charge is 2.26. The first-order chi connectivity index (χ1) is 8.63. The highest BCUT2D eigenvalue weighted by atomic mass is 16.5. The Morgan fingerprint density at radius 2 is 2.11 bits per heavy atom. The third-order valence-electron chi connectivity index (χ3n) is 2.90. The number of rotatable bonds is 3. The van der Waals surface area contributed by atoms with Crippen LogP contribution in [0.4, 0.5) is 0 Å². The molecule has 0 atom stereocenters. The van der Waals surface area contributed by atoms with Gasteiger partial charge in [0.2, 0.25) is 0 Å². The number of carbonyl (C=O) groups excluding carboxylic acids is 1. The molecule has 96 valence electrons. The zero-order valence-corrected chi connectivity index (χ0v) is 11.0. The summed E-state index contributed by atoms with van der Waals surface area (Å²) < 4.78 is 11.0. The molecule has 0 spiro atoms. The lowest BCUT2D eigenvalue weighted by molar-refractivity contribution is -0.138. The van der Waals surface area contributed by atoms with E-state index in [4.69, 9.17) is 9.47 Å². The normalized spacial score (nSPS) is 14.2. The summed E-state index contributed by atoms with van der Waals surface area (Å²) in [5, 5.41) is 0. The van der Waals surface area contributed by atoms with E-state index in [1.807, 2.05) is 45.0 Å². The van der Waals surface area contributed by atoms with Crippen molar-refractivity contribution >= 4 is 5.97 Å². The minimum absolute atomic E-state index is 0.165. The van der Waals surface area contributed by atoms with E-state index in [2.05, 4.69) is 0 Å². The van der Waals surface area contributed by atoms with Gasteiger partial charge in [0.05, 0.1) is 12.2 Å². The second-order valence-electron chi connectivity index (χ2n) is 4.60. The monoisotopic (exact) mass is 246 g/mol. The molecular formula is C15H18O3. The van der Waals surface area contributed by atoms with Gasteiger partial charge in [0.1, 0.15) is 11.5 Å². The highest BCUT2D eigenvalue weighted by Crippen LogP contribution is 2.33. The second kappa shape index (κ2) is 5.25. The molecule has 0 aliphatic carbocycles. The number of ether oxygens (including phenoxy) is 2. The van der Waals surface area contributed by atoms with Crippen LogP contribution in [0.15, 0.2) is 35.6 Å². The lowest BCUT2D eigenvalue weighted by Gasteiger charge is -2.24. The number of benzene rings is 1. The fraction of sp³-hybridized carbons (Fsp3) is 0.400. The molecule has 1 aliphatic rings. The molecule has 0 bridgehead atoms. The molecule has 0 fully saturated rings. The maximum Gasteiger partial charge on any atom is 0.337 e. The minimum atomic E-state index is -0.268. The van der Waals surface area contributed by atoms with Crippen LogP contribution in [0, 0.1) is 5.92 Å². The number of fused-ring (bicyclic) bond motifs is 1. The van der Waals surface area contributed by atoms with Crippen molar-refractivity contribution in [1.82, 2.24) is 0 Å². The molecule has 1 aliphatic heterocycles. The van der Waals surface area contributed by atoms with E-state index in [9.17, 15) is 4.79 Å². The van der Waals surface area contributed by atoms with Crippen LogP contribution in [-0.4, -0.2) is 12.6 Å². The molecule has 1 aromatic carbocycles. The zero-order valence-electron chi connectivity index (χ0n) is 11.0. The molecule has 3 nitrogen and oxygen atoms in total. The van der Waals surface area contributed by atoms with Crippen molar-refractivity contribution in [3.05, 3.63) is 41.2 Å². The van der Waals surface area contributed by atoms with Gasteiger partial charge in [0.15, 0.2) is 0 Å². The summed E-state index contributed by atoms with van der Waals surface area (Å²) in [7, 11) is 0. The summed E-state index contributed by atoms with van der Waals surface area (Å²) in [6.45, 7) is 6.23. The van der Waals surface area contributed by atoms with Crippen molar-refractivity contribution in [2.45, 2.75) is 27.2 Å². The summed E-state index contributed by atoms with van der Waals surface area (Å²) in [4.78, 5) is 12.0. The van der Waals surface area contributed by atoms with Crippen LogP contribution in [0.2, 0.25) is 0 Å². The largest absolute Gasteiger partial charge is 0.463 e. The Labute approximate surface area is 107 Å². The predicted molar refractivity (Wildman–Crippen MR) is 69.3 cm³/mol. The zero-order chi connectivity index (χ0) is 13.1. The Morgan fingerprint density at radius 3 is 2.78 bits per heavy atom. The van der Waals surface area contributed by atoms with Crippen LogP contribution >= 0.6 is 0 Å². The van der Waals surface area contributed by atoms with E-state index >= 15 is 0 Å². The number of hydrogen-bond donors (Lipinski definition) is 0. The topological polar surface area (TPSA) is 35.5 Å². The number of allylic oxidation sites excluding steroid dienone is 1. The second-order valence-corrected chi connectivity index (χ2v) is 4.60. The van der Waals surface area contributed by atoms with Crippen LogP contribution in [0.3, 0.4) is 0 Å². The van der Waals surface area contributed by atoms with Gasteiger partial charge in [0, 0.05) is 12.3 Å². The van der Waals surface area contributed by atoms with Crippen LogP contribution in [0.25, 0.3) is 0 Å². The first kappa shape index (κ1) is 12.7. The Bertz CT molecular complexity index is 486. The maximum atomic E-state index is 12.0. The van der Waals surface area contributed by atoms with Gasteiger partial charge >= 0.3 is 5.97 Å². The summed E-state index contributed by atoms with van der Waals surface area (Å²) in [5.41, 5.74) is 1.68. The van der Waals surface area contributed by atoms with E-state index in [0.29, 0.717) is 18.6 Å². The Morgan fingerprint density at radius 1 is 1.39 bits per heavy atom. The van der Waals surface area contributed by atoms with Gasteiger partial charge in [-0.3, -0.25) is 0 Å². The van der Waals surface area contributed by atoms with Gasteiger partial charge in [-0.2, -0.15) is 0 Å². The third kappa shape index (κ3) is 2.40. The molecule has 3 heteroatoms. The molecule has 1 heterocycles. The average molecular weight is 246 g/mol. The molecule has 0 radical (unpaired) electrons. The van der Waals surface area contributed by atoms with Crippen molar-refractivity contribution in [3.8, 4) is 5.75 Å². The Balaban J connectivity index is 2.37. The van der Waals surface area contributed by atoms with Gasteiger partial charge in [-0.1, -0.05) is 32.0 Å². The van der Waals surface area contributed by atoms with Crippen molar-refractivity contribution < 1.29 is 14.3 Å². The van der Waals surface area contributed by atoms with Gasteiger partial charge in [0.25, 0.3) is 0 Å². The third-order valence-corrected chi connectivity index (χ3v) is 2.90. The van der Waals surface area contributed by atoms with Crippen molar-refractivity contribution in [1.29, 1.82) is 0 Å². The Kier molecular flexibility index (Phi) is 3.70. The predicted octanol–water partition coefficient (Wildman–Crippen LogP) is 3.09. The van der Waals surface area contributed by atoms with Crippen molar-refractivity contribution in [2.24, 2.45) is 5.92 Å². The van der Waals surface area contributed by atoms with Crippen LogP contribution in [-0.2, 0) is 16.0 Å². The molecule has 0 saturated carbocycles. The standard InChI is InChI=1S/C15H18O3/c1-4-17-15(16)12-9-11-7-5-6-8-13(11)18-14(12)10(2)3/h5-8,10H,4,9H2,1-3H3. The molecule has 0 aromatic heterocycles. The molecule has 0 unspecified atom stereocenters. The van der Waals surface area contributed by atoms with Crippen molar-refractivity contribution in [3.63, 3.8) is 0 Å². The fourth-order valence-corrected chi connectivity index (χ4v) is 2.06. The van der Waals surface area contributed by atoms with Crippen LogP contribution < -0.4 is 4.74 Å². The SMILES string of the molecule is CCOC(=O)C1=C(C(C)C)Oc2ccccc2C1. The lowest BCUT2D eigenvalue weighted by atomic mass is 9.96. The van der Waals surface area contributed by atoms with E-state index in [0.717, 1.165) is 17.1 Å². The van der Waals surface area contributed by atoms with E-state index in [1.54, 1.807) is 0 Å². The fourth-order valence-electron chi connectivity index (χ4n) is 2.06. The Hall–Kier alpha value is -1.77. The lowest BCUT2D eigenvalue weighted by Crippen LogP contribution is -2.21. The first-order valence-electron chi connectivity index (χ1n) is 6.29. The van der Waals surface area contributed by atoms with E-state index in [-0.39, 0.29) is 11.9 Å². The molecule has 0 N–H and O–H groups in total. The molecular weight excluding hydrogens is 228 g/mol. The summed E-state index contributed by atoms with van der Waals surface area (Å²) in [6.07, 6.45) is 0.586. The number of para-hydroxylation sites is 1. The van der Waals surface area contributed by atoms with E-state index in [1.165, 1.54) is 0 Å². The molecule has 1 aromatic rings. The van der Waals surface area contributed by atoms with Crippen LogP contribution in [0.5, 0.6) is 5.75 Å². The first-order valence-corrected chi connectivity index (χ1v) is 6.29. The van der Waals surface area contributed by atoms with Gasteiger partial charge in [-0.15, -0.1) is 0 Å². The highest BCUT2D eigenvalue weighted by molar-refractivity contribution is 5.90. The number of carbonyl (C=O) groups is 1. The summed E-state index contributed by atoms with van der Waals surface area (Å²) in [6, 6.07) is 7.79. The average Bonchev–Trinajstić information content (AvgIpc) is 2.37. The molecule has 0 saturated heterocycles. The summed E-state index contributed by atoms with van der Waals surface area (Å²) in [5.74, 6) is 1.47. The van der Waals surface area contributed by atoms with Gasteiger partial charge in [-0.25, -0.2) is 4.79 Å². The smallest absolute Gasteiger partial charge is 0.337 e. The molecule has 0 amide bonds. The van der Waals surface area contributed by atoms with Gasteiger partial charge < -0.3 is 9.47 Å². The number of esters is 1.